The van der Waals surface area contributed by atoms with Crippen LogP contribution in [-0.2, 0) is 6.61 Å². The third-order valence-corrected chi connectivity index (χ3v) is 5.17. The Morgan fingerprint density at radius 1 is 1.00 bits per heavy atom. The summed E-state index contributed by atoms with van der Waals surface area (Å²) < 4.78 is 6.30. The highest BCUT2D eigenvalue weighted by Gasteiger charge is 2.42. The lowest BCUT2D eigenvalue weighted by molar-refractivity contribution is 0.0999. The zero-order chi connectivity index (χ0) is 16.0. The Labute approximate surface area is 135 Å². The largest absolute Gasteiger partial charge is 0.508 e. The summed E-state index contributed by atoms with van der Waals surface area (Å²) in [6.45, 7) is -0.156. The third kappa shape index (κ3) is 2.34. The summed E-state index contributed by atoms with van der Waals surface area (Å²) in [6, 6.07) is 10.5. The molecule has 4 heteroatoms. The minimum Gasteiger partial charge on any atom is -0.508 e. The third-order valence-electron chi connectivity index (χ3n) is 5.17. The monoisotopic (exact) mass is 312 g/mol. The van der Waals surface area contributed by atoms with Crippen LogP contribution < -0.4 is 4.74 Å². The van der Waals surface area contributed by atoms with Gasteiger partial charge in [-0.1, -0.05) is 18.6 Å². The molecular weight excluding hydrogens is 292 g/mol. The van der Waals surface area contributed by atoms with Crippen LogP contribution in [0, 0.1) is 5.92 Å². The first-order valence-corrected chi connectivity index (χ1v) is 8.09. The lowest BCUT2D eigenvalue weighted by Gasteiger charge is -2.37. The molecule has 120 valence electrons. The van der Waals surface area contributed by atoms with Crippen LogP contribution in [0.4, 0.5) is 0 Å². The fraction of sp³-hybridized carbons (Fsp3) is 0.368. The Morgan fingerprint density at radius 3 is 2.52 bits per heavy atom. The molecule has 2 aromatic rings. The number of rotatable bonds is 2. The molecule has 3 N–H and O–H groups in total. The van der Waals surface area contributed by atoms with Gasteiger partial charge in [-0.2, -0.15) is 0 Å². The van der Waals surface area contributed by atoms with Gasteiger partial charge in [0.2, 0.25) is 0 Å². The standard InChI is InChI=1S/C19H20O4/c20-10-12-8-14(22)9-17-15-2-1-3-16(15)18(23-19(12)17)11-4-6-13(21)7-5-11/h4-9,15-16,18,20-22H,1-3,10H2/t15?,16?,18-/m0/s1. The molecule has 3 atom stereocenters. The van der Waals surface area contributed by atoms with Crippen molar-refractivity contribution in [2.45, 2.75) is 37.9 Å². The van der Waals surface area contributed by atoms with E-state index in [4.69, 9.17) is 4.74 Å². The van der Waals surface area contributed by atoms with Gasteiger partial charge in [0.25, 0.3) is 0 Å². The van der Waals surface area contributed by atoms with Crippen molar-refractivity contribution >= 4 is 0 Å². The Hall–Kier alpha value is -2.20. The van der Waals surface area contributed by atoms with Gasteiger partial charge < -0.3 is 20.1 Å². The maximum absolute atomic E-state index is 9.94. The average molecular weight is 312 g/mol. The molecule has 0 saturated heterocycles. The predicted octanol–water partition coefficient (Wildman–Crippen LogP) is 3.61. The van der Waals surface area contributed by atoms with Crippen molar-refractivity contribution in [2.75, 3.05) is 0 Å². The number of aromatic hydroxyl groups is 2. The molecule has 1 aliphatic heterocycles. The van der Waals surface area contributed by atoms with Crippen LogP contribution in [0.5, 0.6) is 17.2 Å². The summed E-state index contributed by atoms with van der Waals surface area (Å²) in [5, 5.41) is 29.1. The second-order valence-electron chi connectivity index (χ2n) is 6.51. The van der Waals surface area contributed by atoms with Crippen molar-refractivity contribution in [1.29, 1.82) is 0 Å². The lowest BCUT2D eigenvalue weighted by Crippen LogP contribution is -2.27. The molecule has 2 aromatic carbocycles. The molecule has 1 aliphatic carbocycles. The zero-order valence-electron chi connectivity index (χ0n) is 12.8. The van der Waals surface area contributed by atoms with Crippen LogP contribution in [0.1, 0.15) is 48.0 Å². The average Bonchev–Trinajstić information content (AvgIpc) is 3.04. The molecule has 0 amide bonds. The normalized spacial score (nSPS) is 25.5. The molecule has 0 bridgehead atoms. The molecule has 4 nitrogen and oxygen atoms in total. The molecule has 23 heavy (non-hydrogen) atoms. The summed E-state index contributed by atoms with van der Waals surface area (Å²) >= 11 is 0. The smallest absolute Gasteiger partial charge is 0.129 e. The van der Waals surface area contributed by atoms with Gasteiger partial charge in [-0.05, 0) is 48.6 Å². The van der Waals surface area contributed by atoms with Gasteiger partial charge in [0.15, 0.2) is 0 Å². The van der Waals surface area contributed by atoms with Crippen LogP contribution in [-0.4, -0.2) is 15.3 Å². The van der Waals surface area contributed by atoms with E-state index in [0.29, 0.717) is 23.1 Å². The minimum atomic E-state index is -0.156. The number of ether oxygens (including phenoxy) is 1. The van der Waals surface area contributed by atoms with Crippen LogP contribution in [0.15, 0.2) is 36.4 Å². The maximum atomic E-state index is 9.94. The second kappa shape index (κ2) is 5.46. The van der Waals surface area contributed by atoms with Gasteiger partial charge in [0.05, 0.1) is 6.61 Å². The summed E-state index contributed by atoms with van der Waals surface area (Å²) in [5.74, 6) is 1.85. The molecule has 0 aromatic heterocycles. The molecule has 0 radical (unpaired) electrons. The van der Waals surface area contributed by atoms with E-state index < -0.39 is 0 Å². The van der Waals surface area contributed by atoms with Crippen LogP contribution >= 0.6 is 0 Å². The molecule has 1 fully saturated rings. The van der Waals surface area contributed by atoms with Gasteiger partial charge in [0.1, 0.15) is 23.4 Å². The molecule has 0 spiro atoms. The summed E-state index contributed by atoms with van der Waals surface area (Å²) in [5.41, 5.74) is 2.70. The van der Waals surface area contributed by atoms with E-state index in [1.54, 1.807) is 24.3 Å². The van der Waals surface area contributed by atoms with Crippen molar-refractivity contribution in [3.8, 4) is 17.2 Å². The molecule has 1 heterocycles. The Bertz CT molecular complexity index is 723. The van der Waals surface area contributed by atoms with Gasteiger partial charge in [0, 0.05) is 17.0 Å². The Morgan fingerprint density at radius 2 is 1.78 bits per heavy atom. The number of phenols is 2. The zero-order valence-corrected chi connectivity index (χ0v) is 12.8. The lowest BCUT2D eigenvalue weighted by atomic mass is 9.79. The van der Waals surface area contributed by atoms with Crippen molar-refractivity contribution < 1.29 is 20.1 Å². The number of hydrogen-bond donors (Lipinski definition) is 3. The summed E-state index contributed by atoms with van der Waals surface area (Å²) in [6.07, 6.45) is 3.21. The Balaban J connectivity index is 1.81. The SMILES string of the molecule is OCc1cc(O)cc2c1O[C@@H](c1ccc(O)cc1)C1CCCC21. The fourth-order valence-corrected chi connectivity index (χ4v) is 4.16. The number of aliphatic hydroxyl groups excluding tert-OH is 1. The van der Waals surface area contributed by atoms with E-state index >= 15 is 0 Å². The molecule has 2 aliphatic rings. The van der Waals surface area contributed by atoms with E-state index in [2.05, 4.69) is 0 Å². The van der Waals surface area contributed by atoms with Crippen molar-refractivity contribution in [3.63, 3.8) is 0 Å². The van der Waals surface area contributed by atoms with Gasteiger partial charge in [-0.25, -0.2) is 0 Å². The van der Waals surface area contributed by atoms with E-state index in [0.717, 1.165) is 30.4 Å². The molecule has 2 unspecified atom stereocenters. The van der Waals surface area contributed by atoms with Crippen LogP contribution in [0.25, 0.3) is 0 Å². The second-order valence-corrected chi connectivity index (χ2v) is 6.51. The molecular formula is C19H20O4. The van der Waals surface area contributed by atoms with E-state index in [1.807, 2.05) is 12.1 Å². The number of aliphatic hydroxyl groups is 1. The highest BCUT2D eigenvalue weighted by molar-refractivity contribution is 5.51. The van der Waals surface area contributed by atoms with Gasteiger partial charge in [-0.3, -0.25) is 0 Å². The summed E-state index contributed by atoms with van der Waals surface area (Å²) in [4.78, 5) is 0. The number of phenolic OH excluding ortho intramolecular Hbond substituents is 2. The van der Waals surface area contributed by atoms with Gasteiger partial charge >= 0.3 is 0 Å². The topological polar surface area (TPSA) is 69.9 Å². The van der Waals surface area contributed by atoms with Crippen molar-refractivity contribution in [1.82, 2.24) is 0 Å². The first-order valence-electron chi connectivity index (χ1n) is 8.09. The van der Waals surface area contributed by atoms with E-state index in [1.165, 1.54) is 0 Å². The van der Waals surface area contributed by atoms with Crippen LogP contribution in [0.3, 0.4) is 0 Å². The van der Waals surface area contributed by atoms with Crippen LogP contribution in [0.2, 0.25) is 0 Å². The molecule has 1 saturated carbocycles. The number of hydrogen-bond acceptors (Lipinski definition) is 4. The number of benzene rings is 2. The van der Waals surface area contributed by atoms with E-state index in [-0.39, 0.29) is 24.2 Å². The molecule has 4 rings (SSSR count). The Kier molecular flexibility index (Phi) is 3.42. The highest BCUT2D eigenvalue weighted by atomic mass is 16.5. The van der Waals surface area contributed by atoms with E-state index in [9.17, 15) is 15.3 Å². The first kappa shape index (κ1) is 14.4. The van der Waals surface area contributed by atoms with Crippen molar-refractivity contribution in [2.24, 2.45) is 5.92 Å². The van der Waals surface area contributed by atoms with Gasteiger partial charge in [-0.15, -0.1) is 0 Å². The highest BCUT2D eigenvalue weighted by Crippen LogP contribution is 2.55. The maximum Gasteiger partial charge on any atom is 0.129 e. The minimum absolute atomic E-state index is 0.0783. The fourth-order valence-electron chi connectivity index (χ4n) is 4.16. The predicted molar refractivity (Wildman–Crippen MR) is 85.6 cm³/mol. The number of fused-ring (bicyclic) bond motifs is 3. The summed E-state index contributed by atoms with van der Waals surface area (Å²) in [7, 11) is 0. The van der Waals surface area contributed by atoms with Crippen molar-refractivity contribution in [3.05, 3.63) is 53.1 Å². The quantitative estimate of drug-likeness (QED) is 0.792. The first-order chi connectivity index (χ1) is 11.2.